The van der Waals surface area contributed by atoms with Crippen molar-refractivity contribution in [1.29, 1.82) is 0 Å². The van der Waals surface area contributed by atoms with Crippen LogP contribution in [0.15, 0.2) is 19.2 Å². The first-order valence-electron chi connectivity index (χ1n) is 6.06. The number of nitrogens with one attached hydrogen (secondary N) is 1. The highest BCUT2D eigenvalue weighted by molar-refractivity contribution is 7.14. The van der Waals surface area contributed by atoms with Crippen molar-refractivity contribution in [3.63, 3.8) is 0 Å². The van der Waals surface area contributed by atoms with Gasteiger partial charge in [0.05, 0.1) is 10.6 Å². The van der Waals surface area contributed by atoms with E-state index in [1.165, 1.54) is 0 Å². The minimum atomic E-state index is -0.513. The lowest BCUT2D eigenvalue weighted by atomic mass is 10.2. The summed E-state index contributed by atoms with van der Waals surface area (Å²) in [6.45, 7) is 17.2. The molecule has 4 heteroatoms. The molecule has 1 rings (SSSR count). The molecule has 1 aromatic rings. The topological polar surface area (TPSA) is 38.3 Å². The third kappa shape index (κ3) is 4.56. The molecule has 0 spiro atoms. The number of carbonyl (C=O) groups excluding carboxylic acids is 1. The molecule has 1 heterocycles. The molecule has 0 fully saturated rings. The van der Waals surface area contributed by atoms with E-state index in [-0.39, 0.29) is 0 Å². The van der Waals surface area contributed by atoms with Crippen LogP contribution in [-0.4, -0.2) is 11.7 Å². The molecule has 0 radical (unpaired) electrons. The number of carbonyl (C=O) groups is 1. The zero-order valence-electron chi connectivity index (χ0n) is 12.2. The van der Waals surface area contributed by atoms with Crippen molar-refractivity contribution in [3.8, 4) is 0 Å². The van der Waals surface area contributed by atoms with Gasteiger partial charge in [0.25, 0.3) is 0 Å². The van der Waals surface area contributed by atoms with Gasteiger partial charge in [-0.1, -0.05) is 13.2 Å². The molecule has 0 aromatic carbocycles. The molecule has 3 nitrogen and oxygen atoms in total. The Kier molecular flexibility index (Phi) is 4.58. The van der Waals surface area contributed by atoms with Gasteiger partial charge in [-0.3, -0.25) is 5.32 Å². The molecular weight excluding hydrogens is 258 g/mol. The van der Waals surface area contributed by atoms with Gasteiger partial charge in [0, 0.05) is 4.88 Å². The standard InChI is InChI=1S/C15H21NO2S/c1-9(2)12-8-11(13(19-12)10(3)4)16-14(17)18-15(5,6)7/h8H,1,3H2,2,4-7H3,(H,16,17). The van der Waals surface area contributed by atoms with Gasteiger partial charge in [-0.2, -0.15) is 0 Å². The number of hydrogen-bond donors (Lipinski definition) is 1. The van der Waals surface area contributed by atoms with Crippen LogP contribution in [0.25, 0.3) is 11.1 Å². The molecule has 0 aliphatic rings. The molecule has 1 N–H and O–H groups in total. The number of allylic oxidation sites excluding steroid dienone is 2. The number of ether oxygens (including phenoxy) is 1. The Morgan fingerprint density at radius 2 is 1.84 bits per heavy atom. The van der Waals surface area contributed by atoms with Crippen LogP contribution in [-0.2, 0) is 4.74 Å². The third-order valence-corrected chi connectivity index (χ3v) is 3.63. The second kappa shape index (κ2) is 5.61. The minimum absolute atomic E-state index is 0.457. The Labute approximate surface area is 119 Å². The first kappa shape index (κ1) is 15.5. The molecule has 0 aliphatic carbocycles. The van der Waals surface area contributed by atoms with E-state index < -0.39 is 11.7 Å². The molecule has 0 bridgehead atoms. The molecule has 0 saturated heterocycles. The van der Waals surface area contributed by atoms with Crippen molar-refractivity contribution in [3.05, 3.63) is 29.0 Å². The van der Waals surface area contributed by atoms with Crippen LogP contribution in [0.3, 0.4) is 0 Å². The van der Waals surface area contributed by atoms with Gasteiger partial charge in [-0.05, 0) is 51.8 Å². The van der Waals surface area contributed by atoms with Crippen molar-refractivity contribution >= 4 is 34.3 Å². The van der Waals surface area contributed by atoms with E-state index in [1.807, 2.05) is 40.7 Å². The summed E-state index contributed by atoms with van der Waals surface area (Å²) in [5.74, 6) is 0. The highest BCUT2D eigenvalue weighted by atomic mass is 32.1. The largest absolute Gasteiger partial charge is 0.444 e. The van der Waals surface area contributed by atoms with Crippen molar-refractivity contribution in [2.75, 3.05) is 5.32 Å². The summed E-state index contributed by atoms with van der Waals surface area (Å²) in [7, 11) is 0. The molecule has 104 valence electrons. The van der Waals surface area contributed by atoms with Crippen molar-refractivity contribution < 1.29 is 9.53 Å². The van der Waals surface area contributed by atoms with Gasteiger partial charge in [-0.25, -0.2) is 4.79 Å². The zero-order chi connectivity index (χ0) is 14.8. The van der Waals surface area contributed by atoms with Crippen LogP contribution in [0, 0.1) is 0 Å². The molecule has 0 atom stereocenters. The maximum atomic E-state index is 11.8. The van der Waals surface area contributed by atoms with E-state index in [9.17, 15) is 4.79 Å². The van der Waals surface area contributed by atoms with Crippen LogP contribution >= 0.6 is 11.3 Å². The summed E-state index contributed by atoms with van der Waals surface area (Å²) in [4.78, 5) is 13.8. The lowest BCUT2D eigenvalue weighted by Gasteiger charge is -2.19. The number of hydrogen-bond acceptors (Lipinski definition) is 3. The summed E-state index contributed by atoms with van der Waals surface area (Å²) in [6.07, 6.45) is -0.457. The monoisotopic (exact) mass is 279 g/mol. The summed E-state index contributed by atoms with van der Waals surface area (Å²) >= 11 is 1.57. The average Bonchev–Trinajstić information content (AvgIpc) is 2.58. The van der Waals surface area contributed by atoms with Crippen LogP contribution < -0.4 is 5.32 Å². The van der Waals surface area contributed by atoms with Crippen molar-refractivity contribution in [2.45, 2.75) is 40.2 Å². The number of thiophene rings is 1. The normalized spacial score (nSPS) is 11.0. The average molecular weight is 279 g/mol. The van der Waals surface area contributed by atoms with Crippen LogP contribution in [0.5, 0.6) is 0 Å². The van der Waals surface area contributed by atoms with E-state index >= 15 is 0 Å². The molecule has 0 aliphatic heterocycles. The Bertz CT molecular complexity index is 521. The quantitative estimate of drug-likeness (QED) is 0.829. The first-order valence-corrected chi connectivity index (χ1v) is 6.87. The molecular formula is C15H21NO2S. The predicted octanol–water partition coefficient (Wildman–Crippen LogP) is 5.16. The highest BCUT2D eigenvalue weighted by Gasteiger charge is 2.18. The van der Waals surface area contributed by atoms with Crippen molar-refractivity contribution in [1.82, 2.24) is 0 Å². The molecule has 19 heavy (non-hydrogen) atoms. The smallest absolute Gasteiger partial charge is 0.412 e. The molecule has 0 saturated carbocycles. The fourth-order valence-corrected chi connectivity index (χ4v) is 2.39. The number of anilines is 1. The fourth-order valence-electron chi connectivity index (χ4n) is 1.42. The fraction of sp³-hybridized carbons (Fsp3) is 0.400. The first-order chi connectivity index (χ1) is 8.60. The van der Waals surface area contributed by atoms with Crippen LogP contribution in [0.4, 0.5) is 10.5 Å². The lowest BCUT2D eigenvalue weighted by Crippen LogP contribution is -2.27. The van der Waals surface area contributed by atoms with Gasteiger partial charge in [0.1, 0.15) is 5.60 Å². The third-order valence-electron chi connectivity index (χ3n) is 2.18. The zero-order valence-corrected chi connectivity index (χ0v) is 13.0. The predicted molar refractivity (Wildman–Crippen MR) is 83.6 cm³/mol. The van der Waals surface area contributed by atoms with Gasteiger partial charge in [0.2, 0.25) is 0 Å². The van der Waals surface area contributed by atoms with E-state index in [0.717, 1.165) is 26.6 Å². The minimum Gasteiger partial charge on any atom is -0.444 e. The van der Waals surface area contributed by atoms with Gasteiger partial charge >= 0.3 is 6.09 Å². The molecule has 1 amide bonds. The van der Waals surface area contributed by atoms with E-state index in [0.29, 0.717) is 0 Å². The summed E-state index contributed by atoms with van der Waals surface area (Å²) in [5.41, 5.74) is 2.08. The van der Waals surface area contributed by atoms with E-state index in [2.05, 4.69) is 18.5 Å². The van der Waals surface area contributed by atoms with Crippen LogP contribution in [0.2, 0.25) is 0 Å². The van der Waals surface area contributed by atoms with Gasteiger partial charge in [-0.15, -0.1) is 11.3 Å². The van der Waals surface area contributed by atoms with E-state index in [4.69, 9.17) is 4.74 Å². The molecule has 1 aromatic heterocycles. The second-order valence-electron chi connectivity index (χ2n) is 5.54. The maximum absolute atomic E-state index is 11.8. The molecule has 0 unspecified atom stereocenters. The lowest BCUT2D eigenvalue weighted by molar-refractivity contribution is 0.0636. The van der Waals surface area contributed by atoms with Crippen LogP contribution in [0.1, 0.15) is 44.4 Å². The Hall–Kier alpha value is -1.55. The summed E-state index contributed by atoms with van der Waals surface area (Å²) in [5, 5.41) is 2.77. The van der Waals surface area contributed by atoms with Gasteiger partial charge < -0.3 is 4.74 Å². The van der Waals surface area contributed by atoms with Crippen molar-refractivity contribution in [2.24, 2.45) is 0 Å². The Balaban J connectivity index is 2.97. The highest BCUT2D eigenvalue weighted by Crippen LogP contribution is 2.35. The number of rotatable bonds is 3. The number of amides is 1. The summed E-state index contributed by atoms with van der Waals surface area (Å²) < 4.78 is 5.25. The second-order valence-corrected chi connectivity index (χ2v) is 6.59. The SMILES string of the molecule is C=C(C)c1cc(NC(=O)OC(C)(C)C)c(C(=C)C)s1. The maximum Gasteiger partial charge on any atom is 0.412 e. The Morgan fingerprint density at radius 1 is 1.26 bits per heavy atom. The Morgan fingerprint density at radius 3 is 2.26 bits per heavy atom. The van der Waals surface area contributed by atoms with Gasteiger partial charge in [0.15, 0.2) is 0 Å². The summed E-state index contributed by atoms with van der Waals surface area (Å²) in [6, 6.07) is 1.90. The van der Waals surface area contributed by atoms with E-state index in [1.54, 1.807) is 11.3 Å².